The molecule has 5 heteroatoms. The highest BCUT2D eigenvalue weighted by Crippen LogP contribution is 2.12. The molecule has 0 spiro atoms. The maximum atomic E-state index is 4.14. The fraction of sp³-hybridized carbons (Fsp3) is 0.800. The molecule has 1 saturated heterocycles. The molecule has 0 aliphatic carbocycles. The van der Waals surface area contributed by atoms with E-state index in [0.717, 1.165) is 31.4 Å². The topological polar surface area (TPSA) is 65.6 Å². The van der Waals surface area contributed by atoms with Gasteiger partial charge in [0.05, 0.1) is 6.04 Å². The molecule has 1 aromatic rings. The molecule has 1 unspecified atom stereocenters. The van der Waals surface area contributed by atoms with Crippen LogP contribution in [0.15, 0.2) is 6.33 Å². The van der Waals surface area contributed by atoms with Crippen molar-refractivity contribution in [3.63, 3.8) is 0 Å². The van der Waals surface area contributed by atoms with Crippen LogP contribution in [-0.4, -0.2) is 34.8 Å². The lowest BCUT2D eigenvalue weighted by atomic mass is 9.98. The highest BCUT2D eigenvalue weighted by Gasteiger charge is 2.14. The summed E-state index contributed by atoms with van der Waals surface area (Å²) < 4.78 is 0. The van der Waals surface area contributed by atoms with Crippen LogP contribution in [0.1, 0.15) is 31.6 Å². The molecule has 1 fully saturated rings. The molecule has 0 saturated carbocycles. The molecule has 0 aromatic carbocycles. The van der Waals surface area contributed by atoms with Gasteiger partial charge in [0.1, 0.15) is 12.2 Å². The molecular formula is C10H19N5. The Hall–Kier alpha value is -0.940. The van der Waals surface area contributed by atoms with E-state index < -0.39 is 0 Å². The Morgan fingerprint density at radius 3 is 3.00 bits per heavy atom. The van der Waals surface area contributed by atoms with Crippen LogP contribution in [0.2, 0.25) is 0 Å². The van der Waals surface area contributed by atoms with Crippen molar-refractivity contribution in [2.75, 3.05) is 19.6 Å². The first-order valence-electron chi connectivity index (χ1n) is 5.65. The highest BCUT2D eigenvalue weighted by atomic mass is 15.2. The number of hydrogen-bond donors (Lipinski definition) is 3. The third-order valence-corrected chi connectivity index (χ3v) is 3.02. The monoisotopic (exact) mass is 209 g/mol. The molecule has 0 radical (unpaired) electrons. The zero-order valence-electron chi connectivity index (χ0n) is 9.16. The van der Waals surface area contributed by atoms with Gasteiger partial charge in [0.2, 0.25) is 0 Å². The van der Waals surface area contributed by atoms with E-state index in [1.165, 1.54) is 12.8 Å². The van der Waals surface area contributed by atoms with Gasteiger partial charge in [-0.3, -0.25) is 5.10 Å². The van der Waals surface area contributed by atoms with Crippen LogP contribution in [0.3, 0.4) is 0 Å². The van der Waals surface area contributed by atoms with Crippen molar-refractivity contribution >= 4 is 0 Å². The van der Waals surface area contributed by atoms with Gasteiger partial charge < -0.3 is 10.6 Å². The standard InChI is InChI=1S/C10H19N5/c1-8(10-13-7-14-15-10)12-6-9-2-4-11-5-3-9/h7-9,11-12H,2-6H2,1H3,(H,13,14,15). The Balaban J connectivity index is 1.73. The Labute approximate surface area is 90.1 Å². The molecule has 15 heavy (non-hydrogen) atoms. The van der Waals surface area contributed by atoms with Crippen molar-refractivity contribution in [1.29, 1.82) is 0 Å². The predicted molar refractivity (Wildman–Crippen MR) is 58.4 cm³/mol. The summed E-state index contributed by atoms with van der Waals surface area (Å²) in [5.41, 5.74) is 0. The second-order valence-corrected chi connectivity index (χ2v) is 4.19. The number of nitrogens with one attached hydrogen (secondary N) is 3. The third kappa shape index (κ3) is 3.00. The fourth-order valence-corrected chi connectivity index (χ4v) is 1.95. The highest BCUT2D eigenvalue weighted by molar-refractivity contribution is 4.88. The van der Waals surface area contributed by atoms with Gasteiger partial charge in [-0.1, -0.05) is 0 Å². The molecule has 5 nitrogen and oxygen atoms in total. The Morgan fingerprint density at radius 1 is 1.53 bits per heavy atom. The lowest BCUT2D eigenvalue weighted by molar-refractivity contribution is 0.342. The quantitative estimate of drug-likeness (QED) is 0.674. The van der Waals surface area contributed by atoms with Crippen molar-refractivity contribution < 1.29 is 0 Å². The summed E-state index contributed by atoms with van der Waals surface area (Å²) in [4.78, 5) is 4.14. The summed E-state index contributed by atoms with van der Waals surface area (Å²) in [7, 11) is 0. The van der Waals surface area contributed by atoms with Crippen molar-refractivity contribution in [2.45, 2.75) is 25.8 Å². The van der Waals surface area contributed by atoms with E-state index in [0.29, 0.717) is 0 Å². The lowest BCUT2D eigenvalue weighted by Crippen LogP contribution is -2.34. The maximum absolute atomic E-state index is 4.14. The second kappa shape index (κ2) is 5.23. The van der Waals surface area contributed by atoms with Crippen LogP contribution in [-0.2, 0) is 0 Å². The molecule has 1 aliphatic heterocycles. The predicted octanol–water partition coefficient (Wildman–Crippen LogP) is 0.455. The summed E-state index contributed by atoms with van der Waals surface area (Å²) in [6, 6.07) is 0.266. The third-order valence-electron chi connectivity index (χ3n) is 3.02. The SMILES string of the molecule is CC(NCC1CCNCC1)c1ncn[nH]1. The minimum absolute atomic E-state index is 0.266. The number of aromatic amines is 1. The van der Waals surface area contributed by atoms with Crippen LogP contribution in [0.25, 0.3) is 0 Å². The van der Waals surface area contributed by atoms with E-state index in [-0.39, 0.29) is 6.04 Å². The molecule has 1 atom stereocenters. The van der Waals surface area contributed by atoms with Gasteiger partial charge in [-0.2, -0.15) is 5.10 Å². The van der Waals surface area contributed by atoms with Crippen LogP contribution in [0, 0.1) is 5.92 Å². The molecule has 2 heterocycles. The molecule has 1 aromatic heterocycles. The lowest BCUT2D eigenvalue weighted by Gasteiger charge is -2.24. The molecule has 2 rings (SSSR count). The number of nitrogens with zero attached hydrogens (tertiary/aromatic N) is 2. The first-order chi connectivity index (χ1) is 7.36. The Bertz CT molecular complexity index is 265. The van der Waals surface area contributed by atoms with Crippen molar-refractivity contribution in [1.82, 2.24) is 25.8 Å². The summed E-state index contributed by atoms with van der Waals surface area (Å²) in [5, 5.41) is 13.6. The van der Waals surface area contributed by atoms with Gasteiger partial charge in [0.15, 0.2) is 0 Å². The zero-order valence-corrected chi connectivity index (χ0v) is 9.16. The Kier molecular flexibility index (Phi) is 3.69. The van der Waals surface area contributed by atoms with Crippen LogP contribution in [0.4, 0.5) is 0 Å². The normalized spacial score (nSPS) is 20.3. The van der Waals surface area contributed by atoms with Crippen molar-refractivity contribution in [3.8, 4) is 0 Å². The van der Waals surface area contributed by atoms with Gasteiger partial charge in [0, 0.05) is 0 Å². The van der Waals surface area contributed by atoms with Crippen LogP contribution in [0.5, 0.6) is 0 Å². The van der Waals surface area contributed by atoms with E-state index in [9.17, 15) is 0 Å². The minimum Gasteiger partial charge on any atom is -0.317 e. The summed E-state index contributed by atoms with van der Waals surface area (Å²) in [6.45, 7) is 5.50. The first-order valence-corrected chi connectivity index (χ1v) is 5.65. The summed E-state index contributed by atoms with van der Waals surface area (Å²) >= 11 is 0. The molecule has 0 amide bonds. The summed E-state index contributed by atoms with van der Waals surface area (Å²) in [5.74, 6) is 1.72. The number of aromatic nitrogens is 3. The second-order valence-electron chi connectivity index (χ2n) is 4.19. The maximum Gasteiger partial charge on any atom is 0.141 e. The van der Waals surface area contributed by atoms with Gasteiger partial charge in [-0.25, -0.2) is 4.98 Å². The zero-order chi connectivity index (χ0) is 10.5. The number of piperidine rings is 1. The number of rotatable bonds is 4. The fourth-order valence-electron chi connectivity index (χ4n) is 1.95. The average molecular weight is 209 g/mol. The summed E-state index contributed by atoms with van der Waals surface area (Å²) in [6.07, 6.45) is 4.10. The van der Waals surface area contributed by atoms with E-state index >= 15 is 0 Å². The molecule has 0 bridgehead atoms. The largest absolute Gasteiger partial charge is 0.317 e. The molecular weight excluding hydrogens is 190 g/mol. The van der Waals surface area contributed by atoms with Gasteiger partial charge in [-0.15, -0.1) is 0 Å². The van der Waals surface area contributed by atoms with Gasteiger partial charge >= 0.3 is 0 Å². The smallest absolute Gasteiger partial charge is 0.141 e. The van der Waals surface area contributed by atoms with E-state index in [2.05, 4.69) is 32.7 Å². The number of hydrogen-bond acceptors (Lipinski definition) is 4. The Morgan fingerprint density at radius 2 is 2.33 bits per heavy atom. The molecule has 84 valence electrons. The van der Waals surface area contributed by atoms with Crippen LogP contribution >= 0.6 is 0 Å². The molecule has 3 N–H and O–H groups in total. The van der Waals surface area contributed by atoms with E-state index in [4.69, 9.17) is 0 Å². The number of H-pyrrole nitrogens is 1. The van der Waals surface area contributed by atoms with E-state index in [1.54, 1.807) is 6.33 Å². The van der Waals surface area contributed by atoms with E-state index in [1.807, 2.05) is 0 Å². The minimum atomic E-state index is 0.266. The molecule has 1 aliphatic rings. The van der Waals surface area contributed by atoms with Gasteiger partial charge in [-0.05, 0) is 45.3 Å². The average Bonchev–Trinajstić information content (AvgIpc) is 2.81. The van der Waals surface area contributed by atoms with Gasteiger partial charge in [0.25, 0.3) is 0 Å². The van der Waals surface area contributed by atoms with Crippen molar-refractivity contribution in [3.05, 3.63) is 12.2 Å². The van der Waals surface area contributed by atoms with Crippen molar-refractivity contribution in [2.24, 2.45) is 5.92 Å². The van der Waals surface area contributed by atoms with Crippen LogP contribution < -0.4 is 10.6 Å². The first kappa shape index (κ1) is 10.6.